The first-order chi connectivity index (χ1) is 8.43. The van der Waals surface area contributed by atoms with E-state index >= 15 is 0 Å². The summed E-state index contributed by atoms with van der Waals surface area (Å²) in [6.45, 7) is 0.969. The van der Waals surface area contributed by atoms with Crippen LogP contribution < -0.4 is 5.32 Å². The van der Waals surface area contributed by atoms with E-state index in [1.807, 2.05) is 0 Å². The van der Waals surface area contributed by atoms with E-state index < -0.39 is 0 Å². The summed E-state index contributed by atoms with van der Waals surface area (Å²) in [7, 11) is 0. The molecule has 0 bridgehead atoms. The Morgan fingerprint density at radius 1 is 1.06 bits per heavy atom. The van der Waals surface area contributed by atoms with Crippen LogP contribution in [0.2, 0.25) is 0 Å². The summed E-state index contributed by atoms with van der Waals surface area (Å²) in [6, 6.07) is 0.728. The molecule has 2 aliphatic carbocycles. The molecule has 1 saturated carbocycles. The maximum atomic E-state index is 4.46. The van der Waals surface area contributed by atoms with Crippen LogP contribution in [0.25, 0.3) is 0 Å². The molecule has 2 aliphatic rings. The summed E-state index contributed by atoms with van der Waals surface area (Å²) in [5, 5.41) is 11.4. The van der Waals surface area contributed by atoms with Gasteiger partial charge in [-0.2, -0.15) is 5.10 Å². The minimum atomic E-state index is 0.728. The SMILES string of the molecule is C1CCCC(NCc2n[nH]c3c2CCC3)CC1. The predicted molar refractivity (Wildman–Crippen MR) is 68.9 cm³/mol. The molecule has 0 amide bonds. The number of nitrogens with one attached hydrogen (secondary N) is 2. The Hall–Kier alpha value is -0.830. The molecule has 0 spiro atoms. The van der Waals surface area contributed by atoms with Crippen LogP contribution in [0.3, 0.4) is 0 Å². The van der Waals surface area contributed by atoms with Gasteiger partial charge in [-0.3, -0.25) is 5.10 Å². The maximum absolute atomic E-state index is 4.46. The van der Waals surface area contributed by atoms with E-state index in [1.165, 1.54) is 74.7 Å². The monoisotopic (exact) mass is 233 g/mol. The molecule has 0 radical (unpaired) electrons. The summed E-state index contributed by atoms with van der Waals surface area (Å²) in [5.74, 6) is 0. The van der Waals surface area contributed by atoms with Gasteiger partial charge in [0.05, 0.1) is 5.69 Å². The van der Waals surface area contributed by atoms with Gasteiger partial charge in [-0.05, 0) is 37.7 Å². The summed E-state index contributed by atoms with van der Waals surface area (Å²) in [6.07, 6.45) is 12.1. The van der Waals surface area contributed by atoms with E-state index in [0.29, 0.717) is 0 Å². The molecule has 3 rings (SSSR count). The molecule has 1 fully saturated rings. The highest BCUT2D eigenvalue weighted by Crippen LogP contribution is 2.23. The van der Waals surface area contributed by atoms with Crippen LogP contribution in [0.5, 0.6) is 0 Å². The van der Waals surface area contributed by atoms with Crippen LogP contribution in [0.1, 0.15) is 61.9 Å². The topological polar surface area (TPSA) is 40.7 Å². The zero-order chi connectivity index (χ0) is 11.5. The standard InChI is InChI=1S/C14H23N3/c1-2-4-7-11(6-3-1)15-10-14-12-8-5-9-13(12)16-17-14/h11,15H,1-10H2,(H,16,17). The van der Waals surface area contributed by atoms with Gasteiger partial charge in [0.2, 0.25) is 0 Å². The number of aromatic amines is 1. The van der Waals surface area contributed by atoms with Gasteiger partial charge in [0.15, 0.2) is 0 Å². The molecule has 0 aromatic carbocycles. The van der Waals surface area contributed by atoms with Crippen molar-refractivity contribution in [2.24, 2.45) is 0 Å². The van der Waals surface area contributed by atoms with E-state index in [2.05, 4.69) is 15.5 Å². The predicted octanol–water partition coefficient (Wildman–Crippen LogP) is 2.71. The number of aryl methyl sites for hydroxylation is 1. The van der Waals surface area contributed by atoms with Gasteiger partial charge in [0.1, 0.15) is 0 Å². The second kappa shape index (κ2) is 5.21. The minimum absolute atomic E-state index is 0.728. The number of rotatable bonds is 3. The number of aromatic nitrogens is 2. The van der Waals surface area contributed by atoms with Crippen molar-refractivity contribution < 1.29 is 0 Å². The summed E-state index contributed by atoms with van der Waals surface area (Å²) in [5.41, 5.74) is 4.18. The van der Waals surface area contributed by atoms with Crippen LogP contribution in [-0.2, 0) is 19.4 Å². The summed E-state index contributed by atoms with van der Waals surface area (Å²) < 4.78 is 0. The third-order valence-electron chi connectivity index (χ3n) is 4.31. The summed E-state index contributed by atoms with van der Waals surface area (Å²) in [4.78, 5) is 0. The Morgan fingerprint density at radius 2 is 1.88 bits per heavy atom. The van der Waals surface area contributed by atoms with Gasteiger partial charge in [0.25, 0.3) is 0 Å². The van der Waals surface area contributed by atoms with E-state index in [-0.39, 0.29) is 0 Å². The molecule has 94 valence electrons. The van der Waals surface area contributed by atoms with Crippen molar-refractivity contribution in [3.8, 4) is 0 Å². The normalized spacial score (nSPS) is 21.4. The van der Waals surface area contributed by atoms with Crippen LogP contribution in [0.15, 0.2) is 0 Å². The molecule has 0 unspecified atom stereocenters. The molecule has 2 N–H and O–H groups in total. The van der Waals surface area contributed by atoms with Crippen LogP contribution >= 0.6 is 0 Å². The average Bonchev–Trinajstić information content (AvgIpc) is 2.84. The van der Waals surface area contributed by atoms with Crippen molar-refractivity contribution >= 4 is 0 Å². The fraction of sp³-hybridized carbons (Fsp3) is 0.786. The largest absolute Gasteiger partial charge is 0.308 e. The molecule has 1 aromatic rings. The van der Waals surface area contributed by atoms with Gasteiger partial charge in [0, 0.05) is 18.3 Å². The molecular weight excluding hydrogens is 210 g/mol. The zero-order valence-corrected chi connectivity index (χ0v) is 10.6. The Bertz CT molecular complexity index is 362. The zero-order valence-electron chi connectivity index (χ0n) is 10.6. The lowest BCUT2D eigenvalue weighted by Gasteiger charge is -2.15. The van der Waals surface area contributed by atoms with E-state index in [4.69, 9.17) is 0 Å². The molecule has 0 saturated heterocycles. The van der Waals surface area contributed by atoms with Gasteiger partial charge in [-0.1, -0.05) is 25.7 Å². The van der Waals surface area contributed by atoms with Gasteiger partial charge < -0.3 is 5.32 Å². The van der Waals surface area contributed by atoms with Crippen molar-refractivity contribution in [3.63, 3.8) is 0 Å². The highest BCUT2D eigenvalue weighted by Gasteiger charge is 2.19. The molecule has 1 heterocycles. The average molecular weight is 233 g/mol. The smallest absolute Gasteiger partial charge is 0.0794 e. The number of H-pyrrole nitrogens is 1. The van der Waals surface area contributed by atoms with Crippen LogP contribution in [-0.4, -0.2) is 16.2 Å². The lowest BCUT2D eigenvalue weighted by molar-refractivity contribution is 0.455. The fourth-order valence-corrected chi connectivity index (χ4v) is 3.26. The minimum Gasteiger partial charge on any atom is -0.308 e. The van der Waals surface area contributed by atoms with Gasteiger partial charge in [-0.25, -0.2) is 0 Å². The number of hydrogen-bond donors (Lipinski definition) is 2. The second-order valence-electron chi connectivity index (χ2n) is 5.55. The third kappa shape index (κ3) is 2.54. The molecule has 0 aliphatic heterocycles. The van der Waals surface area contributed by atoms with Crippen molar-refractivity contribution in [1.29, 1.82) is 0 Å². The summed E-state index contributed by atoms with van der Waals surface area (Å²) >= 11 is 0. The lowest BCUT2D eigenvalue weighted by Crippen LogP contribution is -2.28. The Labute approximate surface area is 103 Å². The van der Waals surface area contributed by atoms with Crippen molar-refractivity contribution in [2.75, 3.05) is 0 Å². The number of hydrogen-bond acceptors (Lipinski definition) is 2. The van der Waals surface area contributed by atoms with Crippen LogP contribution in [0.4, 0.5) is 0 Å². The molecule has 0 atom stereocenters. The number of fused-ring (bicyclic) bond motifs is 1. The molecule has 3 heteroatoms. The Morgan fingerprint density at radius 3 is 2.71 bits per heavy atom. The second-order valence-corrected chi connectivity index (χ2v) is 5.55. The lowest BCUT2D eigenvalue weighted by atomic mass is 10.1. The van der Waals surface area contributed by atoms with Crippen molar-refractivity contribution in [2.45, 2.75) is 70.4 Å². The quantitative estimate of drug-likeness (QED) is 0.788. The molecule has 3 nitrogen and oxygen atoms in total. The molecular formula is C14H23N3. The maximum Gasteiger partial charge on any atom is 0.0794 e. The molecule has 17 heavy (non-hydrogen) atoms. The molecule has 1 aromatic heterocycles. The Balaban J connectivity index is 1.56. The van der Waals surface area contributed by atoms with E-state index in [9.17, 15) is 0 Å². The first kappa shape index (κ1) is 11.3. The first-order valence-electron chi connectivity index (χ1n) is 7.22. The Kier molecular flexibility index (Phi) is 3.46. The highest BCUT2D eigenvalue weighted by molar-refractivity contribution is 5.29. The van der Waals surface area contributed by atoms with E-state index in [1.54, 1.807) is 0 Å². The highest BCUT2D eigenvalue weighted by atomic mass is 15.1. The number of nitrogens with zero attached hydrogens (tertiary/aromatic N) is 1. The van der Waals surface area contributed by atoms with Crippen molar-refractivity contribution in [1.82, 2.24) is 15.5 Å². The van der Waals surface area contributed by atoms with Gasteiger partial charge >= 0.3 is 0 Å². The first-order valence-corrected chi connectivity index (χ1v) is 7.22. The van der Waals surface area contributed by atoms with E-state index in [0.717, 1.165) is 12.6 Å². The van der Waals surface area contributed by atoms with Crippen LogP contribution in [0, 0.1) is 0 Å². The van der Waals surface area contributed by atoms with Crippen molar-refractivity contribution in [3.05, 3.63) is 17.0 Å². The third-order valence-corrected chi connectivity index (χ3v) is 4.31. The van der Waals surface area contributed by atoms with Gasteiger partial charge in [-0.15, -0.1) is 0 Å². The fourth-order valence-electron chi connectivity index (χ4n) is 3.26.